The molecule has 2 atom stereocenters. The average Bonchev–Trinajstić information content (AvgIpc) is 3.12. The molecule has 1 fully saturated rings. The summed E-state index contributed by atoms with van der Waals surface area (Å²) in [5, 5.41) is 14.5. The molecule has 4 rings (SSSR count). The first-order valence-corrected chi connectivity index (χ1v) is 10.1. The Morgan fingerprint density at radius 3 is 2.48 bits per heavy atom. The third kappa shape index (κ3) is 3.08. The van der Waals surface area contributed by atoms with Crippen molar-refractivity contribution in [2.45, 2.75) is 25.9 Å². The third-order valence-corrected chi connectivity index (χ3v) is 6.58. The molecule has 0 radical (unpaired) electrons. The molecule has 5 nitrogen and oxygen atoms in total. The number of hydrogen-bond donors (Lipinski definition) is 3. The second-order valence-electron chi connectivity index (χ2n) is 6.59. The second kappa shape index (κ2) is 7.12. The van der Waals surface area contributed by atoms with Crippen molar-refractivity contribution >= 4 is 45.6 Å². The molecule has 3 heterocycles. The van der Waals surface area contributed by atoms with Gasteiger partial charge in [0.15, 0.2) is 5.11 Å². The summed E-state index contributed by atoms with van der Waals surface area (Å²) in [5.74, 6) is 0.202. The number of halogens is 1. The number of thiocarbonyl (C=S) groups is 1. The van der Waals surface area contributed by atoms with Crippen molar-refractivity contribution in [3.8, 4) is 5.75 Å². The van der Waals surface area contributed by atoms with Crippen molar-refractivity contribution in [3.63, 3.8) is 0 Å². The molecule has 27 heavy (non-hydrogen) atoms. The van der Waals surface area contributed by atoms with Crippen molar-refractivity contribution in [2.75, 3.05) is 4.90 Å². The van der Waals surface area contributed by atoms with Crippen LogP contribution in [0.1, 0.15) is 34.7 Å². The number of aromatic hydroxyl groups is 1. The molecule has 0 amide bonds. The van der Waals surface area contributed by atoms with Gasteiger partial charge in [0.1, 0.15) is 5.75 Å². The summed E-state index contributed by atoms with van der Waals surface area (Å²) < 4.78 is 1.17. The quantitative estimate of drug-likeness (QED) is 0.373. The van der Waals surface area contributed by atoms with Crippen LogP contribution in [0.15, 0.2) is 48.7 Å². The fraction of sp³-hybridized carbons (Fsp3) is 0.200. The van der Waals surface area contributed by atoms with E-state index in [2.05, 4.69) is 51.7 Å². The number of para-hydroxylation sites is 2. The highest BCUT2D eigenvalue weighted by Gasteiger charge is 2.43. The van der Waals surface area contributed by atoms with Crippen LogP contribution in [-0.2, 0) is 0 Å². The van der Waals surface area contributed by atoms with Crippen LogP contribution in [0.25, 0.3) is 0 Å². The Morgan fingerprint density at radius 2 is 1.85 bits per heavy atom. The first-order valence-electron chi connectivity index (χ1n) is 8.62. The number of aromatic amines is 1. The molecular weight excluding hydrogens is 471 g/mol. The van der Waals surface area contributed by atoms with Gasteiger partial charge in [-0.3, -0.25) is 4.98 Å². The van der Waals surface area contributed by atoms with Gasteiger partial charge < -0.3 is 20.3 Å². The first kappa shape index (κ1) is 18.2. The van der Waals surface area contributed by atoms with Gasteiger partial charge in [-0.05, 0) is 72.9 Å². The highest BCUT2D eigenvalue weighted by Crippen LogP contribution is 2.46. The lowest BCUT2D eigenvalue weighted by Crippen LogP contribution is -2.29. The van der Waals surface area contributed by atoms with Crippen molar-refractivity contribution in [3.05, 3.63) is 74.9 Å². The fourth-order valence-electron chi connectivity index (χ4n) is 3.70. The van der Waals surface area contributed by atoms with Gasteiger partial charge in [-0.1, -0.05) is 18.2 Å². The van der Waals surface area contributed by atoms with Crippen molar-refractivity contribution in [2.24, 2.45) is 0 Å². The van der Waals surface area contributed by atoms with Gasteiger partial charge in [-0.25, -0.2) is 0 Å². The van der Waals surface area contributed by atoms with E-state index in [1.54, 1.807) is 12.3 Å². The molecule has 2 unspecified atom stereocenters. The highest BCUT2D eigenvalue weighted by molar-refractivity contribution is 14.1. The number of H-pyrrole nitrogens is 1. The second-order valence-corrected chi connectivity index (χ2v) is 8.05. The van der Waals surface area contributed by atoms with Gasteiger partial charge in [0.2, 0.25) is 0 Å². The van der Waals surface area contributed by atoms with E-state index in [1.807, 2.05) is 41.3 Å². The topological polar surface area (TPSA) is 64.2 Å². The lowest BCUT2D eigenvalue weighted by molar-refractivity contribution is 0.472. The molecule has 1 aromatic carbocycles. The summed E-state index contributed by atoms with van der Waals surface area (Å²) in [6.45, 7) is 4.14. The van der Waals surface area contributed by atoms with Crippen LogP contribution in [0.3, 0.4) is 0 Å². The summed E-state index contributed by atoms with van der Waals surface area (Å²) >= 11 is 8.07. The monoisotopic (exact) mass is 490 g/mol. The summed E-state index contributed by atoms with van der Waals surface area (Å²) in [5.41, 5.74) is 4.98. The maximum absolute atomic E-state index is 10.5. The number of rotatable bonds is 3. The predicted octanol–water partition coefficient (Wildman–Crippen LogP) is 4.51. The van der Waals surface area contributed by atoms with E-state index in [4.69, 9.17) is 12.2 Å². The number of phenolic OH excluding ortho intramolecular Hbond substituents is 1. The number of phenols is 1. The third-order valence-electron chi connectivity index (χ3n) is 4.88. The van der Waals surface area contributed by atoms with Crippen molar-refractivity contribution in [1.82, 2.24) is 15.3 Å². The zero-order chi connectivity index (χ0) is 19.1. The number of aromatic nitrogens is 2. The van der Waals surface area contributed by atoms with Crippen molar-refractivity contribution < 1.29 is 5.11 Å². The lowest BCUT2D eigenvalue weighted by Gasteiger charge is -2.29. The minimum atomic E-state index is -0.127. The summed E-state index contributed by atoms with van der Waals surface area (Å²) in [6, 6.07) is 12.9. The van der Waals surface area contributed by atoms with Gasteiger partial charge in [0.05, 0.1) is 23.5 Å². The normalized spacial score (nSPS) is 19.4. The molecule has 1 aliphatic rings. The molecule has 0 bridgehead atoms. The first-order chi connectivity index (χ1) is 13.0. The number of nitrogens with zero attached hydrogens (tertiary/aromatic N) is 2. The fourth-order valence-corrected chi connectivity index (χ4v) is 4.89. The zero-order valence-electron chi connectivity index (χ0n) is 14.9. The largest absolute Gasteiger partial charge is 0.506 e. The van der Waals surface area contributed by atoms with Crippen molar-refractivity contribution in [1.29, 1.82) is 0 Å². The van der Waals surface area contributed by atoms with Gasteiger partial charge in [-0.2, -0.15) is 0 Å². The molecule has 1 aliphatic heterocycles. The maximum atomic E-state index is 10.5. The smallest absolute Gasteiger partial charge is 0.174 e. The van der Waals surface area contributed by atoms with E-state index in [-0.39, 0.29) is 17.8 Å². The molecule has 0 saturated carbocycles. The average molecular weight is 490 g/mol. The van der Waals surface area contributed by atoms with Crippen LogP contribution in [0.5, 0.6) is 5.75 Å². The number of pyridine rings is 1. The maximum Gasteiger partial charge on any atom is 0.174 e. The standard InChI is InChI=1S/C20H19IN4OS/c1-11-16(17(21)12(2)23-11)19-18(13-7-5-6-10-22-13)24-20(27)25(19)14-8-3-4-9-15(14)26/h3-10,18-19,23,26H,1-2H3,(H,24,27). The predicted molar refractivity (Wildman–Crippen MR) is 119 cm³/mol. The Morgan fingerprint density at radius 1 is 1.11 bits per heavy atom. The Labute approximate surface area is 177 Å². The van der Waals surface area contributed by atoms with E-state index in [1.165, 1.54) is 9.13 Å². The minimum Gasteiger partial charge on any atom is -0.506 e. The molecule has 2 aromatic heterocycles. The Bertz CT molecular complexity index is 1000. The molecule has 0 aliphatic carbocycles. The van der Waals surface area contributed by atoms with Crippen LogP contribution >= 0.6 is 34.8 Å². The zero-order valence-corrected chi connectivity index (χ0v) is 17.9. The molecule has 3 aromatic rings. The highest BCUT2D eigenvalue weighted by atomic mass is 127. The van der Waals surface area contributed by atoms with Crippen LogP contribution in [0, 0.1) is 17.4 Å². The van der Waals surface area contributed by atoms with Gasteiger partial charge in [0, 0.05) is 26.7 Å². The summed E-state index contributed by atoms with van der Waals surface area (Å²) in [6.07, 6.45) is 1.79. The van der Waals surface area contributed by atoms with E-state index >= 15 is 0 Å². The Hall–Kier alpha value is -2.13. The van der Waals surface area contributed by atoms with Crippen LogP contribution in [0.2, 0.25) is 0 Å². The van der Waals surface area contributed by atoms with Crippen LogP contribution in [0.4, 0.5) is 5.69 Å². The number of hydrogen-bond acceptors (Lipinski definition) is 3. The number of anilines is 1. The number of aryl methyl sites for hydroxylation is 2. The SMILES string of the molecule is Cc1[nH]c(C)c(C2C(c3ccccn3)NC(=S)N2c2ccccc2O)c1I. The lowest BCUT2D eigenvalue weighted by atomic mass is 9.96. The number of benzene rings is 1. The van der Waals surface area contributed by atoms with Gasteiger partial charge >= 0.3 is 0 Å². The molecule has 3 N–H and O–H groups in total. The molecule has 1 saturated heterocycles. The van der Waals surface area contributed by atoms with Gasteiger partial charge in [-0.15, -0.1) is 0 Å². The van der Waals surface area contributed by atoms with E-state index in [0.717, 1.165) is 17.1 Å². The molecule has 138 valence electrons. The van der Waals surface area contributed by atoms with Gasteiger partial charge in [0.25, 0.3) is 0 Å². The molecular formula is C20H19IN4OS. The summed E-state index contributed by atoms with van der Waals surface area (Å²) in [4.78, 5) is 10.0. The minimum absolute atomic E-state index is 0.124. The Kier molecular flexibility index (Phi) is 4.81. The van der Waals surface area contributed by atoms with Crippen LogP contribution < -0.4 is 10.2 Å². The molecule has 0 spiro atoms. The molecule has 7 heteroatoms. The Balaban J connectivity index is 1.92. The van der Waals surface area contributed by atoms with E-state index in [0.29, 0.717) is 10.8 Å². The van der Waals surface area contributed by atoms with Crippen LogP contribution in [-0.4, -0.2) is 20.2 Å². The van der Waals surface area contributed by atoms with E-state index in [9.17, 15) is 5.11 Å². The summed E-state index contributed by atoms with van der Waals surface area (Å²) in [7, 11) is 0. The number of nitrogens with one attached hydrogen (secondary N) is 2. The van der Waals surface area contributed by atoms with E-state index < -0.39 is 0 Å².